The molecule has 0 N–H and O–H groups in total. The summed E-state index contributed by atoms with van der Waals surface area (Å²) in [5.41, 5.74) is 7.31. The maximum atomic E-state index is 2.32. The van der Waals surface area contributed by atoms with Crippen molar-refractivity contribution >= 4 is 0 Å². The SMILES string of the molecule is Cc1c(-c2cccc[n+]2C)ccc2c1CCC2. The topological polar surface area (TPSA) is 3.88 Å². The lowest BCUT2D eigenvalue weighted by atomic mass is 9.96. The van der Waals surface area contributed by atoms with Gasteiger partial charge in [0.25, 0.3) is 0 Å². The lowest BCUT2D eigenvalue weighted by molar-refractivity contribution is -0.660. The highest BCUT2D eigenvalue weighted by molar-refractivity contribution is 5.64. The van der Waals surface area contributed by atoms with Gasteiger partial charge in [0.1, 0.15) is 7.05 Å². The van der Waals surface area contributed by atoms with Crippen LogP contribution in [0.4, 0.5) is 0 Å². The van der Waals surface area contributed by atoms with Gasteiger partial charge < -0.3 is 0 Å². The molecule has 0 saturated carbocycles. The normalized spacial score (nSPS) is 13.8. The average molecular weight is 224 g/mol. The number of nitrogens with zero attached hydrogens (tertiary/aromatic N) is 1. The van der Waals surface area contributed by atoms with Crippen molar-refractivity contribution in [2.75, 3.05) is 0 Å². The maximum absolute atomic E-state index is 2.32. The number of hydrogen-bond acceptors (Lipinski definition) is 0. The molecule has 1 heterocycles. The zero-order valence-corrected chi connectivity index (χ0v) is 10.5. The molecule has 0 fully saturated rings. The summed E-state index contributed by atoms with van der Waals surface area (Å²) in [5, 5.41) is 0. The molecule has 17 heavy (non-hydrogen) atoms. The Balaban J connectivity index is 2.20. The molecule has 0 saturated heterocycles. The van der Waals surface area contributed by atoms with Gasteiger partial charge in [0.15, 0.2) is 6.20 Å². The first kappa shape index (κ1) is 10.5. The largest absolute Gasteiger partial charge is 0.212 e. The Morgan fingerprint density at radius 1 is 1.06 bits per heavy atom. The maximum Gasteiger partial charge on any atom is 0.212 e. The monoisotopic (exact) mass is 224 g/mol. The average Bonchev–Trinajstić information content (AvgIpc) is 2.80. The van der Waals surface area contributed by atoms with Gasteiger partial charge in [-0.15, -0.1) is 0 Å². The van der Waals surface area contributed by atoms with Crippen molar-refractivity contribution in [3.05, 3.63) is 53.2 Å². The quantitative estimate of drug-likeness (QED) is 0.656. The Bertz CT molecular complexity index is 570. The summed E-state index contributed by atoms with van der Waals surface area (Å²) < 4.78 is 2.20. The van der Waals surface area contributed by atoms with E-state index in [0.29, 0.717) is 0 Å². The van der Waals surface area contributed by atoms with Crippen LogP contribution in [0, 0.1) is 6.92 Å². The molecular formula is C16H18N+. The van der Waals surface area contributed by atoms with Crippen molar-refractivity contribution in [3.63, 3.8) is 0 Å². The molecule has 1 heteroatoms. The second-order valence-corrected chi connectivity index (χ2v) is 4.93. The minimum absolute atomic E-state index is 1.26. The first-order valence-corrected chi connectivity index (χ1v) is 6.34. The van der Waals surface area contributed by atoms with Crippen LogP contribution in [0.25, 0.3) is 11.3 Å². The molecule has 0 atom stereocenters. The predicted molar refractivity (Wildman–Crippen MR) is 69.8 cm³/mol. The minimum Gasteiger partial charge on any atom is -0.201 e. The number of hydrogen-bond donors (Lipinski definition) is 0. The van der Waals surface area contributed by atoms with E-state index in [1.54, 1.807) is 11.1 Å². The molecule has 0 unspecified atom stereocenters. The van der Waals surface area contributed by atoms with Crippen molar-refractivity contribution in [3.8, 4) is 11.3 Å². The third kappa shape index (κ3) is 1.66. The van der Waals surface area contributed by atoms with E-state index in [1.165, 1.54) is 36.1 Å². The molecule has 1 aromatic carbocycles. The molecule has 0 spiro atoms. The Labute approximate surface area is 103 Å². The number of fused-ring (bicyclic) bond motifs is 1. The van der Waals surface area contributed by atoms with Gasteiger partial charge in [0, 0.05) is 17.7 Å². The summed E-state index contributed by atoms with van der Waals surface area (Å²) in [6.45, 7) is 2.27. The molecule has 0 amide bonds. The first-order chi connectivity index (χ1) is 8.27. The van der Waals surface area contributed by atoms with E-state index < -0.39 is 0 Å². The Morgan fingerprint density at radius 2 is 1.94 bits per heavy atom. The third-order valence-electron chi connectivity index (χ3n) is 3.90. The van der Waals surface area contributed by atoms with Gasteiger partial charge in [0.05, 0.1) is 0 Å². The number of aromatic nitrogens is 1. The summed E-state index contributed by atoms with van der Waals surface area (Å²) in [7, 11) is 2.11. The van der Waals surface area contributed by atoms with E-state index in [-0.39, 0.29) is 0 Å². The van der Waals surface area contributed by atoms with Gasteiger partial charge in [-0.3, -0.25) is 0 Å². The minimum atomic E-state index is 1.26. The van der Waals surface area contributed by atoms with Crippen LogP contribution in [0.3, 0.4) is 0 Å². The zero-order chi connectivity index (χ0) is 11.8. The van der Waals surface area contributed by atoms with Gasteiger partial charge in [0.2, 0.25) is 5.69 Å². The van der Waals surface area contributed by atoms with Crippen LogP contribution in [0.2, 0.25) is 0 Å². The van der Waals surface area contributed by atoms with E-state index in [0.717, 1.165) is 0 Å². The molecule has 86 valence electrons. The summed E-state index contributed by atoms with van der Waals surface area (Å²) in [6, 6.07) is 11.0. The molecule has 1 nitrogen and oxygen atoms in total. The van der Waals surface area contributed by atoms with Crippen LogP contribution in [0.1, 0.15) is 23.1 Å². The van der Waals surface area contributed by atoms with Gasteiger partial charge >= 0.3 is 0 Å². The first-order valence-electron chi connectivity index (χ1n) is 6.34. The summed E-state index contributed by atoms with van der Waals surface area (Å²) >= 11 is 0. The summed E-state index contributed by atoms with van der Waals surface area (Å²) in [4.78, 5) is 0. The number of rotatable bonds is 1. The van der Waals surface area contributed by atoms with Crippen LogP contribution < -0.4 is 4.57 Å². The van der Waals surface area contributed by atoms with E-state index >= 15 is 0 Å². The van der Waals surface area contributed by atoms with E-state index in [4.69, 9.17) is 0 Å². The van der Waals surface area contributed by atoms with Crippen LogP contribution in [0.15, 0.2) is 36.5 Å². The van der Waals surface area contributed by atoms with Gasteiger partial charge in [-0.1, -0.05) is 6.07 Å². The predicted octanol–water partition coefficient (Wildman–Crippen LogP) is 2.98. The smallest absolute Gasteiger partial charge is 0.201 e. The highest BCUT2D eigenvalue weighted by Gasteiger charge is 2.18. The van der Waals surface area contributed by atoms with Crippen LogP contribution in [-0.2, 0) is 19.9 Å². The Kier molecular flexibility index (Phi) is 2.47. The Hall–Kier alpha value is -1.63. The van der Waals surface area contributed by atoms with Gasteiger partial charge in [-0.2, -0.15) is 0 Å². The standard InChI is InChI=1S/C16H18N/c1-12-14-7-5-6-13(14)9-10-15(12)16-8-3-4-11-17(16)2/h3-4,8-11H,5-7H2,1-2H3/q+1. The number of aryl methyl sites for hydroxylation is 2. The second-order valence-electron chi connectivity index (χ2n) is 4.93. The Morgan fingerprint density at radius 3 is 2.76 bits per heavy atom. The molecule has 1 aliphatic rings. The molecular weight excluding hydrogens is 206 g/mol. The molecule has 2 aromatic rings. The van der Waals surface area contributed by atoms with Crippen LogP contribution in [-0.4, -0.2) is 0 Å². The summed E-state index contributed by atoms with van der Waals surface area (Å²) in [5.74, 6) is 0. The number of pyridine rings is 1. The molecule has 0 aliphatic heterocycles. The fraction of sp³-hybridized carbons (Fsp3) is 0.312. The fourth-order valence-electron chi connectivity index (χ4n) is 2.93. The molecule has 0 radical (unpaired) electrons. The van der Waals surface area contributed by atoms with Crippen LogP contribution in [0.5, 0.6) is 0 Å². The third-order valence-corrected chi connectivity index (χ3v) is 3.90. The fourth-order valence-corrected chi connectivity index (χ4v) is 2.93. The molecule has 0 bridgehead atoms. The van der Waals surface area contributed by atoms with Crippen molar-refractivity contribution in [1.82, 2.24) is 0 Å². The van der Waals surface area contributed by atoms with Gasteiger partial charge in [-0.05, 0) is 55.0 Å². The molecule has 1 aromatic heterocycles. The van der Waals surface area contributed by atoms with Crippen molar-refractivity contribution in [1.29, 1.82) is 0 Å². The summed E-state index contributed by atoms with van der Waals surface area (Å²) in [6.07, 6.45) is 5.95. The van der Waals surface area contributed by atoms with Crippen molar-refractivity contribution in [2.24, 2.45) is 7.05 Å². The van der Waals surface area contributed by atoms with Crippen LogP contribution >= 0.6 is 0 Å². The lowest BCUT2D eigenvalue weighted by Crippen LogP contribution is -2.30. The highest BCUT2D eigenvalue weighted by atomic mass is 14.9. The van der Waals surface area contributed by atoms with Crippen molar-refractivity contribution in [2.45, 2.75) is 26.2 Å². The van der Waals surface area contributed by atoms with E-state index in [2.05, 4.69) is 55.1 Å². The molecule has 1 aliphatic carbocycles. The molecule has 3 rings (SSSR count). The zero-order valence-electron chi connectivity index (χ0n) is 10.5. The lowest BCUT2D eigenvalue weighted by Gasteiger charge is -2.09. The van der Waals surface area contributed by atoms with E-state index in [1.807, 2.05) is 0 Å². The van der Waals surface area contributed by atoms with Crippen molar-refractivity contribution < 1.29 is 4.57 Å². The highest BCUT2D eigenvalue weighted by Crippen LogP contribution is 2.31. The second kappa shape index (κ2) is 3.99. The number of benzene rings is 1. The van der Waals surface area contributed by atoms with E-state index in [9.17, 15) is 0 Å². The van der Waals surface area contributed by atoms with Gasteiger partial charge in [-0.25, -0.2) is 4.57 Å².